The zero-order chi connectivity index (χ0) is 13.5. The fraction of sp³-hybridized carbons (Fsp3) is 0.400. The molecule has 19 heavy (non-hydrogen) atoms. The van der Waals surface area contributed by atoms with Crippen LogP contribution >= 0.6 is 0 Å². The maximum atomic E-state index is 11.9. The Bertz CT molecular complexity index is 422. The summed E-state index contributed by atoms with van der Waals surface area (Å²) >= 11 is 0. The van der Waals surface area contributed by atoms with Gasteiger partial charge in [0.25, 0.3) is 5.91 Å². The van der Waals surface area contributed by atoms with E-state index in [4.69, 9.17) is 4.74 Å². The minimum absolute atomic E-state index is 0.0242. The molecule has 0 atom stereocenters. The van der Waals surface area contributed by atoms with Crippen LogP contribution < -0.4 is 5.32 Å². The van der Waals surface area contributed by atoms with Gasteiger partial charge in [-0.3, -0.25) is 9.69 Å². The van der Waals surface area contributed by atoms with E-state index < -0.39 is 0 Å². The number of nitrogens with zero attached hydrogens (tertiary/aromatic N) is 1. The molecule has 0 bridgehead atoms. The molecular weight excluding hydrogens is 240 g/mol. The molecule has 0 aliphatic carbocycles. The van der Waals surface area contributed by atoms with Gasteiger partial charge in [0.1, 0.15) is 0 Å². The molecule has 1 N–H and O–H groups in total. The molecule has 1 saturated heterocycles. The second kappa shape index (κ2) is 7.07. The van der Waals surface area contributed by atoms with E-state index in [9.17, 15) is 4.79 Å². The van der Waals surface area contributed by atoms with Crippen LogP contribution in [0, 0.1) is 0 Å². The predicted octanol–water partition coefficient (Wildman–Crippen LogP) is 1.39. The Balaban J connectivity index is 1.75. The van der Waals surface area contributed by atoms with Crippen molar-refractivity contribution in [2.75, 3.05) is 39.4 Å². The number of amides is 1. The standard InChI is InChI=1S/C15H20N2O2/c1-2-13-3-5-14(6-4-13)15(18)16-7-8-17-9-11-19-12-10-17/h2-6H,1,7-12H2,(H,16,18). The van der Waals surface area contributed by atoms with Crippen molar-refractivity contribution in [3.05, 3.63) is 42.0 Å². The number of hydrogen-bond acceptors (Lipinski definition) is 3. The quantitative estimate of drug-likeness (QED) is 0.870. The highest BCUT2D eigenvalue weighted by molar-refractivity contribution is 5.94. The lowest BCUT2D eigenvalue weighted by Crippen LogP contribution is -2.41. The molecule has 1 aromatic carbocycles. The van der Waals surface area contributed by atoms with Crippen molar-refractivity contribution in [2.45, 2.75) is 0 Å². The van der Waals surface area contributed by atoms with Crippen LogP contribution in [0.5, 0.6) is 0 Å². The van der Waals surface area contributed by atoms with Gasteiger partial charge in [-0.15, -0.1) is 0 Å². The van der Waals surface area contributed by atoms with Gasteiger partial charge in [0.05, 0.1) is 13.2 Å². The molecule has 0 unspecified atom stereocenters. The molecule has 1 aromatic rings. The zero-order valence-corrected chi connectivity index (χ0v) is 11.1. The molecule has 0 spiro atoms. The van der Waals surface area contributed by atoms with Crippen molar-refractivity contribution in [1.29, 1.82) is 0 Å². The molecule has 0 aromatic heterocycles. The molecule has 1 heterocycles. The molecule has 4 heteroatoms. The van der Waals surface area contributed by atoms with E-state index in [1.165, 1.54) is 0 Å². The Kier molecular flexibility index (Phi) is 5.12. The summed E-state index contributed by atoms with van der Waals surface area (Å²) in [6.07, 6.45) is 1.76. The van der Waals surface area contributed by atoms with E-state index in [1.54, 1.807) is 6.08 Å². The minimum atomic E-state index is -0.0242. The molecule has 4 nitrogen and oxygen atoms in total. The van der Waals surface area contributed by atoms with E-state index in [2.05, 4.69) is 16.8 Å². The van der Waals surface area contributed by atoms with Crippen molar-refractivity contribution in [1.82, 2.24) is 10.2 Å². The third-order valence-electron chi connectivity index (χ3n) is 3.23. The molecule has 102 valence electrons. The lowest BCUT2D eigenvalue weighted by molar-refractivity contribution is 0.0383. The summed E-state index contributed by atoms with van der Waals surface area (Å²) in [6.45, 7) is 8.71. The lowest BCUT2D eigenvalue weighted by Gasteiger charge is -2.26. The summed E-state index contributed by atoms with van der Waals surface area (Å²) in [5, 5.41) is 2.94. The van der Waals surface area contributed by atoms with E-state index in [0.29, 0.717) is 12.1 Å². The molecule has 2 rings (SSSR count). The third-order valence-corrected chi connectivity index (χ3v) is 3.23. The Labute approximate surface area is 114 Å². The van der Waals surface area contributed by atoms with Gasteiger partial charge in [0.2, 0.25) is 0 Å². The molecule has 1 fully saturated rings. The van der Waals surface area contributed by atoms with E-state index >= 15 is 0 Å². The summed E-state index contributed by atoms with van der Waals surface area (Å²) in [4.78, 5) is 14.2. The van der Waals surface area contributed by atoms with E-state index in [0.717, 1.165) is 38.4 Å². The maximum absolute atomic E-state index is 11.9. The topological polar surface area (TPSA) is 41.6 Å². The number of ether oxygens (including phenoxy) is 1. The van der Waals surface area contributed by atoms with Crippen molar-refractivity contribution in [3.8, 4) is 0 Å². The highest BCUT2D eigenvalue weighted by atomic mass is 16.5. The first-order valence-corrected chi connectivity index (χ1v) is 6.60. The van der Waals surface area contributed by atoms with Gasteiger partial charge in [0, 0.05) is 31.7 Å². The molecule has 0 saturated carbocycles. The average Bonchev–Trinajstić information content (AvgIpc) is 2.48. The first kappa shape index (κ1) is 13.8. The zero-order valence-electron chi connectivity index (χ0n) is 11.1. The maximum Gasteiger partial charge on any atom is 0.251 e. The van der Waals surface area contributed by atoms with Crippen LogP contribution in [-0.2, 0) is 4.74 Å². The van der Waals surface area contributed by atoms with Crippen molar-refractivity contribution < 1.29 is 9.53 Å². The third kappa shape index (κ3) is 4.19. The Morgan fingerprint density at radius 3 is 2.63 bits per heavy atom. The number of hydrogen-bond donors (Lipinski definition) is 1. The summed E-state index contributed by atoms with van der Waals surface area (Å²) in [7, 11) is 0. The molecular formula is C15H20N2O2. The Morgan fingerprint density at radius 1 is 1.32 bits per heavy atom. The minimum Gasteiger partial charge on any atom is -0.379 e. The van der Waals surface area contributed by atoms with Crippen LogP contribution in [0.3, 0.4) is 0 Å². The first-order chi connectivity index (χ1) is 9.29. The van der Waals surface area contributed by atoms with Crippen molar-refractivity contribution in [2.24, 2.45) is 0 Å². The number of rotatable bonds is 5. The number of morpholine rings is 1. The number of nitrogens with one attached hydrogen (secondary N) is 1. The smallest absolute Gasteiger partial charge is 0.251 e. The molecule has 0 radical (unpaired) electrons. The lowest BCUT2D eigenvalue weighted by atomic mass is 10.1. The van der Waals surface area contributed by atoms with Crippen LogP contribution in [0.15, 0.2) is 30.8 Å². The van der Waals surface area contributed by atoms with Gasteiger partial charge >= 0.3 is 0 Å². The highest BCUT2D eigenvalue weighted by Gasteiger charge is 2.10. The van der Waals surface area contributed by atoms with Gasteiger partial charge in [0.15, 0.2) is 0 Å². The van der Waals surface area contributed by atoms with E-state index in [-0.39, 0.29) is 5.91 Å². The van der Waals surface area contributed by atoms with Gasteiger partial charge in [-0.1, -0.05) is 24.8 Å². The summed E-state index contributed by atoms with van der Waals surface area (Å²) in [6, 6.07) is 7.43. The van der Waals surface area contributed by atoms with Crippen LogP contribution in [0.2, 0.25) is 0 Å². The largest absolute Gasteiger partial charge is 0.379 e. The number of carbonyl (C=O) groups is 1. The van der Waals surface area contributed by atoms with Gasteiger partial charge in [-0.2, -0.15) is 0 Å². The molecule has 1 aliphatic rings. The second-order valence-corrected chi connectivity index (χ2v) is 4.54. The molecule has 1 amide bonds. The van der Waals surface area contributed by atoms with Crippen LogP contribution in [-0.4, -0.2) is 50.2 Å². The van der Waals surface area contributed by atoms with E-state index in [1.807, 2.05) is 24.3 Å². The normalized spacial score (nSPS) is 16.0. The van der Waals surface area contributed by atoms with Gasteiger partial charge < -0.3 is 10.1 Å². The molecule has 1 aliphatic heterocycles. The van der Waals surface area contributed by atoms with Gasteiger partial charge in [-0.25, -0.2) is 0 Å². The van der Waals surface area contributed by atoms with Crippen LogP contribution in [0.1, 0.15) is 15.9 Å². The fourth-order valence-corrected chi connectivity index (χ4v) is 2.02. The fourth-order valence-electron chi connectivity index (χ4n) is 2.02. The number of carbonyl (C=O) groups excluding carboxylic acids is 1. The Morgan fingerprint density at radius 2 is 2.00 bits per heavy atom. The predicted molar refractivity (Wildman–Crippen MR) is 76.1 cm³/mol. The monoisotopic (exact) mass is 260 g/mol. The van der Waals surface area contributed by atoms with Crippen molar-refractivity contribution in [3.63, 3.8) is 0 Å². The SMILES string of the molecule is C=Cc1ccc(C(=O)NCCN2CCOCC2)cc1. The Hall–Kier alpha value is -1.65. The first-order valence-electron chi connectivity index (χ1n) is 6.60. The number of benzene rings is 1. The summed E-state index contributed by atoms with van der Waals surface area (Å²) < 4.78 is 5.28. The average molecular weight is 260 g/mol. The van der Waals surface area contributed by atoms with Crippen LogP contribution in [0.25, 0.3) is 6.08 Å². The summed E-state index contributed by atoms with van der Waals surface area (Å²) in [5.74, 6) is -0.0242. The highest BCUT2D eigenvalue weighted by Crippen LogP contribution is 2.05. The summed E-state index contributed by atoms with van der Waals surface area (Å²) in [5.41, 5.74) is 1.71. The van der Waals surface area contributed by atoms with Gasteiger partial charge in [-0.05, 0) is 17.7 Å². The second-order valence-electron chi connectivity index (χ2n) is 4.54. The van der Waals surface area contributed by atoms with Crippen molar-refractivity contribution >= 4 is 12.0 Å². The van der Waals surface area contributed by atoms with Crippen LogP contribution in [0.4, 0.5) is 0 Å².